The Morgan fingerprint density at radius 1 is 1.31 bits per heavy atom. The number of hydrogen-bond acceptors (Lipinski definition) is 2. The second-order valence-electron chi connectivity index (χ2n) is 4.21. The molecule has 1 aromatic carbocycles. The Morgan fingerprint density at radius 2 is 1.94 bits per heavy atom. The van der Waals surface area contributed by atoms with Crippen molar-refractivity contribution in [2.75, 3.05) is 20.3 Å². The summed E-state index contributed by atoms with van der Waals surface area (Å²) in [7, 11) is 1.66. The van der Waals surface area contributed by atoms with Gasteiger partial charge in [-0.1, -0.05) is 19.1 Å². The van der Waals surface area contributed by atoms with Crippen LogP contribution in [-0.2, 0) is 11.2 Å². The number of rotatable bonds is 6. The fourth-order valence-electron chi connectivity index (χ4n) is 1.77. The summed E-state index contributed by atoms with van der Waals surface area (Å²) in [6.45, 7) is 2.81. The molecule has 3 heteroatoms. The van der Waals surface area contributed by atoms with Crippen molar-refractivity contribution in [1.29, 1.82) is 0 Å². The van der Waals surface area contributed by atoms with Crippen LogP contribution >= 0.6 is 0 Å². The van der Waals surface area contributed by atoms with Crippen molar-refractivity contribution < 1.29 is 14.2 Å². The quantitative estimate of drug-likeness (QED) is 0.806. The minimum Gasteiger partial charge on any atom is -0.396 e. The predicted molar refractivity (Wildman–Crippen MR) is 61.7 cm³/mol. The Hall–Kier alpha value is -0.930. The topological polar surface area (TPSA) is 29.5 Å². The van der Waals surface area contributed by atoms with Gasteiger partial charge < -0.3 is 9.84 Å². The van der Waals surface area contributed by atoms with Crippen LogP contribution in [0.2, 0.25) is 0 Å². The number of benzene rings is 1. The van der Waals surface area contributed by atoms with Gasteiger partial charge in [0.2, 0.25) is 0 Å². The second-order valence-corrected chi connectivity index (χ2v) is 4.21. The maximum atomic E-state index is 12.7. The molecule has 1 N–H and O–H groups in total. The highest BCUT2D eigenvalue weighted by atomic mass is 19.1. The van der Waals surface area contributed by atoms with Crippen LogP contribution in [0.15, 0.2) is 24.3 Å². The maximum Gasteiger partial charge on any atom is 0.123 e. The Morgan fingerprint density at radius 3 is 2.44 bits per heavy atom. The number of aliphatic hydroxyl groups excluding tert-OH is 1. The molecule has 0 heterocycles. The molecule has 0 bridgehead atoms. The van der Waals surface area contributed by atoms with Gasteiger partial charge in [0.05, 0.1) is 0 Å². The van der Waals surface area contributed by atoms with Crippen LogP contribution in [0.1, 0.15) is 12.5 Å². The smallest absolute Gasteiger partial charge is 0.123 e. The molecule has 1 aromatic rings. The first-order valence-electron chi connectivity index (χ1n) is 5.51. The van der Waals surface area contributed by atoms with E-state index in [9.17, 15) is 9.50 Å². The third-order valence-electron chi connectivity index (χ3n) is 2.88. The van der Waals surface area contributed by atoms with Gasteiger partial charge >= 0.3 is 0 Å². The van der Waals surface area contributed by atoms with Crippen molar-refractivity contribution in [3.05, 3.63) is 35.6 Å². The van der Waals surface area contributed by atoms with Gasteiger partial charge in [-0.2, -0.15) is 0 Å². The van der Waals surface area contributed by atoms with Crippen LogP contribution in [0.4, 0.5) is 4.39 Å². The number of methoxy groups -OCH3 is 1. The van der Waals surface area contributed by atoms with Crippen LogP contribution in [0.5, 0.6) is 0 Å². The van der Waals surface area contributed by atoms with Crippen LogP contribution < -0.4 is 0 Å². The van der Waals surface area contributed by atoms with Crippen LogP contribution in [0.25, 0.3) is 0 Å². The predicted octanol–water partition coefficient (Wildman–Crippen LogP) is 2.26. The normalized spacial score (nSPS) is 14.8. The molecule has 0 fully saturated rings. The summed E-state index contributed by atoms with van der Waals surface area (Å²) in [4.78, 5) is 0. The first kappa shape index (κ1) is 13.1. The third kappa shape index (κ3) is 3.91. The van der Waals surface area contributed by atoms with E-state index in [1.54, 1.807) is 19.2 Å². The SMILES string of the molecule is COCC(C)C(CO)Cc1ccc(F)cc1. The molecule has 0 amide bonds. The van der Waals surface area contributed by atoms with E-state index in [-0.39, 0.29) is 18.3 Å². The molecule has 0 saturated heterocycles. The van der Waals surface area contributed by atoms with E-state index in [2.05, 4.69) is 0 Å². The summed E-state index contributed by atoms with van der Waals surface area (Å²) in [5.41, 5.74) is 1.04. The zero-order chi connectivity index (χ0) is 12.0. The van der Waals surface area contributed by atoms with Crippen molar-refractivity contribution in [2.24, 2.45) is 11.8 Å². The van der Waals surface area contributed by atoms with Gasteiger partial charge in [0.1, 0.15) is 5.82 Å². The molecule has 1 rings (SSSR count). The average Bonchev–Trinajstić information content (AvgIpc) is 2.28. The second kappa shape index (κ2) is 6.61. The minimum atomic E-state index is -0.228. The van der Waals surface area contributed by atoms with Crippen LogP contribution in [-0.4, -0.2) is 25.4 Å². The van der Waals surface area contributed by atoms with Crippen molar-refractivity contribution in [1.82, 2.24) is 0 Å². The molecular weight excluding hydrogens is 207 g/mol. The first-order valence-corrected chi connectivity index (χ1v) is 5.51. The van der Waals surface area contributed by atoms with E-state index in [0.717, 1.165) is 12.0 Å². The van der Waals surface area contributed by atoms with Gasteiger partial charge in [0.25, 0.3) is 0 Å². The number of halogens is 1. The van der Waals surface area contributed by atoms with Gasteiger partial charge in [0, 0.05) is 20.3 Å². The van der Waals surface area contributed by atoms with Crippen molar-refractivity contribution >= 4 is 0 Å². The molecule has 2 atom stereocenters. The molecule has 0 aliphatic heterocycles. The van der Waals surface area contributed by atoms with Crippen LogP contribution in [0, 0.1) is 17.7 Å². The highest BCUT2D eigenvalue weighted by molar-refractivity contribution is 5.16. The monoisotopic (exact) mass is 226 g/mol. The Bertz CT molecular complexity index is 297. The number of hydrogen-bond donors (Lipinski definition) is 1. The van der Waals surface area contributed by atoms with E-state index in [1.807, 2.05) is 6.92 Å². The lowest BCUT2D eigenvalue weighted by Crippen LogP contribution is -2.22. The summed E-state index contributed by atoms with van der Waals surface area (Å²) in [5.74, 6) is 0.222. The fraction of sp³-hybridized carbons (Fsp3) is 0.538. The van der Waals surface area contributed by atoms with E-state index in [0.29, 0.717) is 12.5 Å². The van der Waals surface area contributed by atoms with Gasteiger partial charge in [-0.25, -0.2) is 4.39 Å². The molecule has 0 saturated carbocycles. The van der Waals surface area contributed by atoms with E-state index in [4.69, 9.17) is 4.74 Å². The average molecular weight is 226 g/mol. The van der Waals surface area contributed by atoms with E-state index >= 15 is 0 Å². The number of aliphatic hydroxyl groups is 1. The van der Waals surface area contributed by atoms with Crippen molar-refractivity contribution in [3.63, 3.8) is 0 Å². The highest BCUT2D eigenvalue weighted by Gasteiger charge is 2.16. The Labute approximate surface area is 96.1 Å². The lowest BCUT2D eigenvalue weighted by Gasteiger charge is -2.21. The Kier molecular flexibility index (Phi) is 5.43. The third-order valence-corrected chi connectivity index (χ3v) is 2.88. The summed E-state index contributed by atoms with van der Waals surface area (Å²) in [6, 6.07) is 6.42. The molecule has 0 aromatic heterocycles. The van der Waals surface area contributed by atoms with Crippen molar-refractivity contribution in [2.45, 2.75) is 13.3 Å². The van der Waals surface area contributed by atoms with Gasteiger partial charge in [0.15, 0.2) is 0 Å². The molecule has 2 nitrogen and oxygen atoms in total. The van der Waals surface area contributed by atoms with Crippen molar-refractivity contribution in [3.8, 4) is 0 Å². The standard InChI is InChI=1S/C13H19FO2/c1-10(9-16-2)12(8-15)7-11-3-5-13(14)6-4-11/h3-6,10,12,15H,7-9H2,1-2H3. The first-order chi connectivity index (χ1) is 7.67. The molecule has 0 aliphatic carbocycles. The molecule has 2 unspecified atom stereocenters. The van der Waals surface area contributed by atoms with E-state index in [1.165, 1.54) is 12.1 Å². The molecule has 16 heavy (non-hydrogen) atoms. The highest BCUT2D eigenvalue weighted by Crippen LogP contribution is 2.17. The number of ether oxygens (including phenoxy) is 1. The van der Waals surface area contributed by atoms with Gasteiger partial charge in [-0.3, -0.25) is 0 Å². The zero-order valence-corrected chi connectivity index (χ0v) is 9.82. The maximum absolute atomic E-state index is 12.7. The van der Waals surface area contributed by atoms with Gasteiger partial charge in [-0.15, -0.1) is 0 Å². The minimum absolute atomic E-state index is 0.127. The Balaban J connectivity index is 2.59. The zero-order valence-electron chi connectivity index (χ0n) is 9.82. The summed E-state index contributed by atoms with van der Waals surface area (Å²) in [5, 5.41) is 9.31. The van der Waals surface area contributed by atoms with Crippen LogP contribution in [0.3, 0.4) is 0 Å². The largest absolute Gasteiger partial charge is 0.396 e. The summed E-state index contributed by atoms with van der Waals surface area (Å²) >= 11 is 0. The molecule has 0 aliphatic rings. The molecule has 90 valence electrons. The molecule has 0 spiro atoms. The summed E-state index contributed by atoms with van der Waals surface area (Å²) < 4.78 is 17.8. The van der Waals surface area contributed by atoms with Gasteiger partial charge in [-0.05, 0) is 36.0 Å². The van der Waals surface area contributed by atoms with E-state index < -0.39 is 0 Å². The lowest BCUT2D eigenvalue weighted by molar-refractivity contribution is 0.0983. The molecular formula is C13H19FO2. The molecule has 0 radical (unpaired) electrons. The fourth-order valence-corrected chi connectivity index (χ4v) is 1.77. The lowest BCUT2D eigenvalue weighted by atomic mass is 9.89. The summed E-state index contributed by atoms with van der Waals surface area (Å²) in [6.07, 6.45) is 0.751.